The average Bonchev–Trinajstić information content (AvgIpc) is 3.89. The predicted molar refractivity (Wildman–Crippen MR) is 280 cm³/mol. The zero-order chi connectivity index (χ0) is 51.6. The van der Waals surface area contributed by atoms with Crippen LogP contribution in [-0.4, -0.2) is 131 Å². The highest BCUT2D eigenvalue weighted by Gasteiger charge is 2.50. The number of hydrogen-bond acceptors (Lipinski definition) is 10. The first kappa shape index (κ1) is 58.2. The summed E-state index contributed by atoms with van der Waals surface area (Å²) in [6.45, 7) is 50.0. The summed E-state index contributed by atoms with van der Waals surface area (Å²) in [6, 6.07) is 9.85. The van der Waals surface area contributed by atoms with E-state index in [2.05, 4.69) is 93.4 Å². The summed E-state index contributed by atoms with van der Waals surface area (Å²) >= 11 is 3.32. The topological polar surface area (TPSA) is 134 Å². The fraction of sp³-hybridized carbons (Fsp3) is 0.692. The largest absolute Gasteiger partial charge is 0.485 e. The third-order valence-electron chi connectivity index (χ3n) is 14.2. The number of fused-ring (bicyclic) bond motifs is 2. The van der Waals surface area contributed by atoms with Crippen LogP contribution < -0.4 is 9.47 Å². The highest BCUT2D eigenvalue weighted by atomic mass is 79.9. The zero-order valence-corrected chi connectivity index (χ0v) is 47.5. The van der Waals surface area contributed by atoms with E-state index in [0.717, 1.165) is 42.5 Å². The lowest BCUT2D eigenvalue weighted by molar-refractivity contribution is -0.151. The van der Waals surface area contributed by atoms with Gasteiger partial charge in [0.2, 0.25) is 11.8 Å². The Morgan fingerprint density at radius 2 is 1.10 bits per heavy atom. The van der Waals surface area contributed by atoms with Gasteiger partial charge in [-0.05, 0) is 101 Å². The number of likely N-dealkylation sites (tertiary alicyclic amines) is 2. The molecule has 0 radical (unpaired) electrons. The van der Waals surface area contributed by atoms with Gasteiger partial charge in [0.25, 0.3) is 0 Å². The van der Waals surface area contributed by atoms with Crippen LogP contribution in [0.3, 0.4) is 0 Å². The molecule has 4 atom stereocenters. The zero-order valence-electron chi connectivity index (χ0n) is 44.0. The van der Waals surface area contributed by atoms with E-state index in [1.165, 1.54) is 0 Å². The van der Waals surface area contributed by atoms with Gasteiger partial charge in [-0.2, -0.15) is 0 Å². The summed E-state index contributed by atoms with van der Waals surface area (Å²) in [4.78, 5) is 35.5. The van der Waals surface area contributed by atoms with Gasteiger partial charge in [0.05, 0.1) is 71.5 Å². The second-order valence-corrected chi connectivity index (χ2v) is 32.6. The predicted octanol–water partition coefficient (Wildman–Crippen LogP) is 11.3. The molecule has 2 fully saturated rings. The van der Waals surface area contributed by atoms with Crippen LogP contribution in [0, 0.1) is 13.1 Å². The normalized spacial score (nSPS) is 21.9. The molecule has 2 aromatic carbocycles. The van der Waals surface area contributed by atoms with Crippen LogP contribution in [0.25, 0.3) is 9.69 Å². The molecular formula is C52H81BrN4O10Si2. The van der Waals surface area contributed by atoms with Crippen LogP contribution in [0.2, 0.25) is 36.3 Å². The monoisotopic (exact) mass is 1060 g/mol. The molecule has 69 heavy (non-hydrogen) atoms. The molecule has 0 bridgehead atoms. The third-order valence-corrected chi connectivity index (χ3v) is 23.6. The van der Waals surface area contributed by atoms with Crippen molar-refractivity contribution in [1.29, 1.82) is 0 Å². The number of benzene rings is 2. The van der Waals surface area contributed by atoms with Gasteiger partial charge < -0.3 is 47.4 Å². The number of carbonyl (C=O) groups excluding carboxylic acids is 2. The molecule has 0 aromatic heterocycles. The first-order valence-corrected chi connectivity index (χ1v) is 31.3. The van der Waals surface area contributed by atoms with Gasteiger partial charge in [0.1, 0.15) is 34.9 Å². The van der Waals surface area contributed by atoms with E-state index in [1.807, 2.05) is 44.7 Å². The first-order valence-electron chi connectivity index (χ1n) is 24.4. The Balaban J connectivity index is 0.000000251. The van der Waals surface area contributed by atoms with Crippen molar-refractivity contribution in [3.8, 4) is 11.5 Å². The van der Waals surface area contributed by atoms with Crippen molar-refractivity contribution in [3.63, 3.8) is 0 Å². The van der Waals surface area contributed by atoms with Crippen molar-refractivity contribution in [2.24, 2.45) is 0 Å². The molecule has 4 aliphatic rings. The highest BCUT2D eigenvalue weighted by molar-refractivity contribution is 9.09. The molecule has 6 rings (SSSR count). The molecule has 1 N–H and O–H groups in total. The fourth-order valence-corrected chi connectivity index (χ4v) is 10.4. The second kappa shape index (κ2) is 24.4. The summed E-state index contributed by atoms with van der Waals surface area (Å²) in [7, 11) is -3.33. The number of amides is 2. The van der Waals surface area contributed by atoms with Crippen LogP contribution in [0.4, 0.5) is 11.4 Å². The first-order chi connectivity index (χ1) is 32.1. The van der Waals surface area contributed by atoms with Crippen molar-refractivity contribution in [3.05, 3.63) is 70.4 Å². The summed E-state index contributed by atoms with van der Waals surface area (Å²) in [5.74, 6) is 1.52. The highest BCUT2D eigenvalue weighted by Crippen LogP contribution is 2.48. The van der Waals surface area contributed by atoms with E-state index in [1.54, 1.807) is 29.2 Å². The number of halogens is 1. The molecular weight excluding hydrogens is 977 g/mol. The molecule has 14 nitrogen and oxygen atoms in total. The van der Waals surface area contributed by atoms with Crippen molar-refractivity contribution < 1.29 is 47.2 Å². The standard InChI is InChI=1S/C26H40N2O5Si.C16H18N2O3.C10H23BrO2Si/c1-25(2,3)34(7,8)32-17-15-30-14-16-31-24-23(28-13-9-10-22(28)29)20-18-19(27-6)11-12-21(20)33-26(24,4)5;1-16(2)15(20)14(18-8-4-5-13(18)19)11-9-10(17-3)6-7-12(11)21-16;1-10(2,3)14(4,5)13-9-8-12-7-6-11/h11-12,18,23-24H,9-10,13-17H2,1-5,7-8H3;6-7,9,14-15,20H,4-5,8H2,1-2H3;6-9H2,1-5H3/t23-,24+;14-,15+;/m11./s1. The van der Waals surface area contributed by atoms with Gasteiger partial charge in [0, 0.05) is 42.4 Å². The smallest absolute Gasteiger partial charge is 0.223 e. The average molecular weight is 1060 g/mol. The molecule has 0 spiro atoms. The summed E-state index contributed by atoms with van der Waals surface area (Å²) in [5.41, 5.74) is 1.16. The molecule has 17 heteroatoms. The van der Waals surface area contributed by atoms with E-state index in [9.17, 15) is 14.7 Å². The number of ether oxygens (including phenoxy) is 5. The molecule has 4 heterocycles. The summed E-state index contributed by atoms with van der Waals surface area (Å²) < 4.78 is 41.8. The molecule has 2 aromatic rings. The molecule has 0 unspecified atom stereocenters. The van der Waals surface area contributed by atoms with Gasteiger partial charge in [-0.3, -0.25) is 9.59 Å². The molecule has 384 valence electrons. The van der Waals surface area contributed by atoms with Gasteiger partial charge in [0.15, 0.2) is 28.0 Å². The third kappa shape index (κ3) is 15.1. The Morgan fingerprint density at radius 3 is 1.52 bits per heavy atom. The van der Waals surface area contributed by atoms with Crippen LogP contribution in [0.5, 0.6) is 11.5 Å². The van der Waals surface area contributed by atoms with Gasteiger partial charge in [-0.1, -0.05) is 69.6 Å². The van der Waals surface area contributed by atoms with E-state index < -0.39 is 40.0 Å². The molecule has 2 amide bonds. The lowest BCUT2D eigenvalue weighted by atomic mass is 9.85. The van der Waals surface area contributed by atoms with Crippen LogP contribution in [0.1, 0.15) is 118 Å². The Morgan fingerprint density at radius 1 is 0.681 bits per heavy atom. The Hall–Kier alpha value is -3.37. The van der Waals surface area contributed by atoms with E-state index >= 15 is 0 Å². The number of alkyl halides is 1. The van der Waals surface area contributed by atoms with Gasteiger partial charge in [-0.25, -0.2) is 9.69 Å². The lowest BCUT2D eigenvalue weighted by Gasteiger charge is -2.47. The maximum Gasteiger partial charge on any atom is 0.223 e. The number of aliphatic hydroxyl groups is 1. The van der Waals surface area contributed by atoms with Crippen molar-refractivity contribution in [2.45, 2.75) is 167 Å². The lowest BCUT2D eigenvalue weighted by Crippen LogP contribution is -2.55. The fourth-order valence-electron chi connectivity index (χ4n) is 8.16. The van der Waals surface area contributed by atoms with Crippen LogP contribution in [0.15, 0.2) is 36.4 Å². The summed E-state index contributed by atoms with van der Waals surface area (Å²) in [6.07, 6.45) is 1.49. The number of rotatable bonds is 16. The molecule has 0 aliphatic carbocycles. The Bertz CT molecular complexity index is 2130. The van der Waals surface area contributed by atoms with Crippen LogP contribution in [-0.2, 0) is 32.7 Å². The maximum atomic E-state index is 12.7. The van der Waals surface area contributed by atoms with Crippen molar-refractivity contribution in [2.75, 3.05) is 64.7 Å². The van der Waals surface area contributed by atoms with Gasteiger partial charge in [-0.15, -0.1) is 0 Å². The summed E-state index contributed by atoms with van der Waals surface area (Å²) in [5, 5.41) is 12.1. The van der Waals surface area contributed by atoms with Crippen LogP contribution >= 0.6 is 15.9 Å². The molecule has 4 aliphatic heterocycles. The Kier molecular flexibility index (Phi) is 20.6. The minimum absolute atomic E-state index is 0.0518. The van der Waals surface area contributed by atoms with Gasteiger partial charge >= 0.3 is 0 Å². The second-order valence-electron chi connectivity index (χ2n) is 22.2. The number of aliphatic hydroxyl groups excluding tert-OH is 1. The quantitative estimate of drug-likeness (QED) is 0.0749. The minimum Gasteiger partial charge on any atom is -0.485 e. The number of carbonyl (C=O) groups is 2. The van der Waals surface area contributed by atoms with Crippen molar-refractivity contribution >= 4 is 55.8 Å². The Labute approximate surface area is 424 Å². The van der Waals surface area contributed by atoms with Crippen molar-refractivity contribution in [1.82, 2.24) is 9.80 Å². The maximum absolute atomic E-state index is 12.7. The molecule has 0 saturated carbocycles. The SMILES string of the molecule is CC(C)(C)[Si](C)(C)OCCOCCBr.[C-]#[N+]c1ccc2c(c1)[C@@H](N1CCCC1=O)[C@H](O)C(C)(C)O2.[C-]#[N+]c1ccc2c(c1)[C@@H](N1CCCC1=O)[C@H](OCCOCCO[Si](C)(C)C(C)(C)C)C(C)(C)O2. The number of hydrogen-bond donors (Lipinski definition) is 1. The minimum atomic E-state index is -1.78. The van der Waals surface area contributed by atoms with E-state index in [4.69, 9.17) is 45.7 Å². The molecule has 2 saturated heterocycles. The van der Waals surface area contributed by atoms with E-state index in [0.29, 0.717) is 86.9 Å². The van der Waals surface area contributed by atoms with E-state index in [-0.39, 0.29) is 29.0 Å². The number of nitrogens with zero attached hydrogens (tertiary/aromatic N) is 4.